The van der Waals surface area contributed by atoms with E-state index in [-0.39, 0.29) is 24.0 Å². The Morgan fingerprint density at radius 1 is 1.18 bits per heavy atom. The van der Waals surface area contributed by atoms with E-state index < -0.39 is 11.0 Å². The fraction of sp³-hybridized carbons (Fsp3) is 0.524. The molecule has 0 amide bonds. The molecule has 1 aromatic carbocycles. The molecule has 2 aliphatic rings. The van der Waals surface area contributed by atoms with Crippen LogP contribution >= 0.6 is 0 Å². The molecular weight excluding hydrogens is 357 g/mol. The summed E-state index contributed by atoms with van der Waals surface area (Å²) in [4.78, 5) is 10.3. The Kier molecular flexibility index (Phi) is 5.80. The van der Waals surface area contributed by atoms with Gasteiger partial charge in [0, 0.05) is 12.1 Å². The van der Waals surface area contributed by atoms with Gasteiger partial charge in [-0.3, -0.25) is 10.1 Å². The van der Waals surface area contributed by atoms with Crippen LogP contribution in [-0.2, 0) is 9.31 Å². The molecule has 0 saturated carbocycles. The molecule has 1 fully saturated rings. The Labute approximate surface area is 166 Å². The van der Waals surface area contributed by atoms with E-state index in [1.54, 1.807) is 12.1 Å². The molecule has 7 heteroatoms. The monoisotopic (exact) mass is 385 g/mol. The maximum Gasteiger partial charge on any atom is 0.490 e. The number of hydrogen-bond acceptors (Lipinski definition) is 5. The van der Waals surface area contributed by atoms with Gasteiger partial charge in [-0.25, -0.2) is 0 Å². The number of benzene rings is 1. The minimum atomic E-state index is -0.665. The van der Waals surface area contributed by atoms with E-state index in [0.29, 0.717) is 12.0 Å². The molecule has 28 heavy (non-hydrogen) atoms. The molecule has 0 spiro atoms. The second-order valence-electron chi connectivity index (χ2n) is 8.53. The Balaban J connectivity index is 1.57. The molecule has 0 radical (unpaired) electrons. The van der Waals surface area contributed by atoms with Gasteiger partial charge < -0.3 is 14.4 Å². The molecule has 1 aliphatic carbocycles. The van der Waals surface area contributed by atoms with Crippen LogP contribution < -0.4 is 0 Å². The Morgan fingerprint density at radius 3 is 2.29 bits per heavy atom. The predicted molar refractivity (Wildman–Crippen MR) is 109 cm³/mol. The lowest BCUT2D eigenvalue weighted by Crippen LogP contribution is -2.41. The zero-order valence-corrected chi connectivity index (χ0v) is 17.0. The van der Waals surface area contributed by atoms with Crippen molar-refractivity contribution in [1.82, 2.24) is 0 Å². The maximum atomic E-state index is 10.7. The van der Waals surface area contributed by atoms with Crippen molar-refractivity contribution in [3.63, 3.8) is 0 Å². The number of nitrogens with zero attached hydrogens (tertiary/aromatic N) is 1. The third-order valence-electron chi connectivity index (χ3n) is 6.04. The van der Waals surface area contributed by atoms with Crippen LogP contribution in [0.2, 0.25) is 0 Å². The summed E-state index contributed by atoms with van der Waals surface area (Å²) >= 11 is 0. The van der Waals surface area contributed by atoms with Gasteiger partial charge in [0.2, 0.25) is 0 Å². The van der Waals surface area contributed by atoms with Gasteiger partial charge in [-0.1, -0.05) is 17.7 Å². The lowest BCUT2D eigenvalue weighted by molar-refractivity contribution is -0.384. The lowest BCUT2D eigenvalue weighted by atomic mass is 9.71. The van der Waals surface area contributed by atoms with E-state index in [2.05, 4.69) is 39.8 Å². The van der Waals surface area contributed by atoms with Gasteiger partial charge in [-0.05, 0) is 76.5 Å². The summed E-state index contributed by atoms with van der Waals surface area (Å²) in [5.41, 5.74) is 2.52. The summed E-state index contributed by atoms with van der Waals surface area (Å²) in [6, 6.07) is 6.06. The first kappa shape index (κ1) is 20.8. The highest BCUT2D eigenvalue weighted by atomic mass is 16.7. The highest BCUT2D eigenvalue weighted by molar-refractivity contribution is 6.54. The summed E-state index contributed by atoms with van der Waals surface area (Å²) < 4.78 is 12.2. The van der Waals surface area contributed by atoms with Gasteiger partial charge in [-0.15, -0.1) is 0 Å². The van der Waals surface area contributed by atoms with Crippen molar-refractivity contribution in [2.24, 2.45) is 0 Å². The van der Waals surface area contributed by atoms with Crippen molar-refractivity contribution < 1.29 is 19.3 Å². The first-order chi connectivity index (χ1) is 13.1. The molecule has 1 heterocycles. The predicted octanol–water partition coefficient (Wildman–Crippen LogP) is 4.69. The van der Waals surface area contributed by atoms with Gasteiger partial charge in [-0.2, -0.15) is 0 Å². The molecule has 0 aromatic heterocycles. The number of nitro benzene ring substituents is 1. The quantitative estimate of drug-likeness (QED) is 0.344. The van der Waals surface area contributed by atoms with Crippen molar-refractivity contribution >= 4 is 12.8 Å². The Bertz CT molecular complexity index is 782. The Hall–Kier alpha value is -1.96. The summed E-state index contributed by atoms with van der Waals surface area (Å²) in [5.74, 6) is 0. The van der Waals surface area contributed by atoms with Gasteiger partial charge in [0.15, 0.2) is 0 Å². The van der Waals surface area contributed by atoms with Crippen molar-refractivity contribution in [1.29, 1.82) is 0 Å². The third-order valence-corrected chi connectivity index (χ3v) is 6.04. The van der Waals surface area contributed by atoms with Crippen LogP contribution in [0, 0.1) is 10.1 Å². The van der Waals surface area contributed by atoms with E-state index in [9.17, 15) is 15.2 Å². The van der Waals surface area contributed by atoms with E-state index >= 15 is 0 Å². The fourth-order valence-corrected chi connectivity index (χ4v) is 3.40. The first-order valence-corrected chi connectivity index (χ1v) is 9.74. The summed E-state index contributed by atoms with van der Waals surface area (Å²) in [6.07, 6.45) is 6.71. The van der Waals surface area contributed by atoms with Crippen LogP contribution in [-0.4, -0.2) is 28.4 Å². The number of allylic oxidation sites excluding steroid dienone is 3. The molecule has 1 aliphatic heterocycles. The smallest absolute Gasteiger partial charge is 0.400 e. The standard InChI is InChI=1S/C21H28BNO5/c1-20(2)21(3,4)28-22(27-20)17-10-5-15(6-11-17)7-14-19(24)16-8-12-18(13-9-16)23(25)26/h7-10,12-13,19,24H,5-6,11,14H2,1-4H3/b15-7-. The van der Waals surface area contributed by atoms with Crippen molar-refractivity contribution in [2.45, 2.75) is 70.7 Å². The van der Waals surface area contributed by atoms with Crippen molar-refractivity contribution in [3.05, 3.63) is 63.1 Å². The minimum absolute atomic E-state index is 0.0296. The number of non-ortho nitro benzene ring substituents is 1. The van der Waals surface area contributed by atoms with E-state index in [4.69, 9.17) is 9.31 Å². The topological polar surface area (TPSA) is 81.8 Å². The van der Waals surface area contributed by atoms with Gasteiger partial charge >= 0.3 is 7.12 Å². The highest BCUT2D eigenvalue weighted by Gasteiger charge is 2.52. The van der Waals surface area contributed by atoms with E-state index in [1.807, 2.05) is 0 Å². The van der Waals surface area contributed by atoms with E-state index in [0.717, 1.165) is 19.3 Å². The van der Waals surface area contributed by atoms with Crippen LogP contribution in [0.5, 0.6) is 0 Å². The molecule has 1 N–H and O–H groups in total. The number of aliphatic hydroxyl groups is 1. The maximum absolute atomic E-state index is 10.7. The van der Waals surface area contributed by atoms with Gasteiger partial charge in [0.25, 0.3) is 5.69 Å². The molecule has 1 saturated heterocycles. The molecule has 1 aromatic rings. The minimum Gasteiger partial charge on any atom is -0.400 e. The van der Waals surface area contributed by atoms with Crippen LogP contribution in [0.25, 0.3) is 0 Å². The number of hydrogen-bond donors (Lipinski definition) is 1. The number of rotatable bonds is 5. The van der Waals surface area contributed by atoms with Gasteiger partial charge in [0.1, 0.15) is 0 Å². The average Bonchev–Trinajstić information content (AvgIpc) is 2.87. The molecule has 3 rings (SSSR count). The zero-order valence-electron chi connectivity index (χ0n) is 17.0. The molecule has 150 valence electrons. The second kappa shape index (κ2) is 7.81. The van der Waals surface area contributed by atoms with Crippen LogP contribution in [0.4, 0.5) is 5.69 Å². The molecule has 6 nitrogen and oxygen atoms in total. The largest absolute Gasteiger partial charge is 0.490 e. The first-order valence-electron chi connectivity index (χ1n) is 9.74. The molecule has 1 atom stereocenters. The zero-order chi connectivity index (χ0) is 20.5. The number of aliphatic hydroxyl groups excluding tert-OH is 1. The van der Waals surface area contributed by atoms with Crippen LogP contribution in [0.15, 0.2) is 47.5 Å². The molecule has 1 unspecified atom stereocenters. The van der Waals surface area contributed by atoms with E-state index in [1.165, 1.54) is 23.2 Å². The van der Waals surface area contributed by atoms with Crippen molar-refractivity contribution in [2.75, 3.05) is 0 Å². The number of nitro groups is 1. The fourth-order valence-electron chi connectivity index (χ4n) is 3.40. The SMILES string of the molecule is CC1(C)OB(C2=CC/C(=C/CC(O)c3ccc([N+](=O)[O-])cc3)CC2)OC1(C)C. The van der Waals surface area contributed by atoms with Crippen molar-refractivity contribution in [3.8, 4) is 0 Å². The molecule has 0 bridgehead atoms. The van der Waals surface area contributed by atoms with Crippen LogP contribution in [0.1, 0.15) is 65.0 Å². The summed E-state index contributed by atoms with van der Waals surface area (Å²) in [6.45, 7) is 8.23. The lowest BCUT2D eigenvalue weighted by Gasteiger charge is -2.32. The molecular formula is C21H28BNO5. The normalized spacial score (nSPS) is 23.5. The Morgan fingerprint density at radius 2 is 1.79 bits per heavy atom. The van der Waals surface area contributed by atoms with Crippen LogP contribution in [0.3, 0.4) is 0 Å². The van der Waals surface area contributed by atoms with Gasteiger partial charge in [0.05, 0.1) is 22.2 Å². The summed E-state index contributed by atoms with van der Waals surface area (Å²) in [7, 11) is -0.280. The highest BCUT2D eigenvalue weighted by Crippen LogP contribution is 2.40. The second-order valence-corrected chi connectivity index (χ2v) is 8.53. The summed E-state index contributed by atoms with van der Waals surface area (Å²) in [5, 5.41) is 21.1. The third kappa shape index (κ3) is 4.37. The average molecular weight is 385 g/mol.